The summed E-state index contributed by atoms with van der Waals surface area (Å²) in [6.45, 7) is 0.341. The van der Waals surface area contributed by atoms with Crippen molar-refractivity contribution in [2.24, 2.45) is 0 Å². The van der Waals surface area contributed by atoms with Crippen molar-refractivity contribution in [3.63, 3.8) is 0 Å². The molecule has 1 unspecified atom stereocenters. The average Bonchev–Trinajstić information content (AvgIpc) is 2.55. The van der Waals surface area contributed by atoms with Gasteiger partial charge in [-0.05, 0) is 36.4 Å². The first-order chi connectivity index (χ1) is 11.5. The molecule has 0 heterocycles. The molecule has 7 heteroatoms. The summed E-state index contributed by atoms with van der Waals surface area (Å²) in [5.74, 6) is -0.374. The molecule has 24 heavy (non-hydrogen) atoms. The van der Waals surface area contributed by atoms with E-state index in [2.05, 4.69) is 5.32 Å². The second-order valence-electron chi connectivity index (χ2n) is 5.04. The molecule has 0 spiro atoms. The molecule has 2 aromatic rings. The van der Waals surface area contributed by atoms with Crippen LogP contribution >= 0.6 is 23.2 Å². The van der Waals surface area contributed by atoms with E-state index in [1.54, 1.807) is 38.5 Å². The average molecular weight is 370 g/mol. The largest absolute Gasteiger partial charge is 0.496 e. The molecule has 2 rings (SSSR count). The predicted octanol–water partition coefficient (Wildman–Crippen LogP) is 4.50. The van der Waals surface area contributed by atoms with E-state index < -0.39 is 5.97 Å². The van der Waals surface area contributed by atoms with Crippen molar-refractivity contribution < 1.29 is 19.4 Å². The van der Waals surface area contributed by atoms with Crippen molar-refractivity contribution >= 4 is 34.9 Å². The molecule has 2 aromatic carbocycles. The highest BCUT2D eigenvalue weighted by molar-refractivity contribution is 6.33. The third-order valence-electron chi connectivity index (χ3n) is 3.45. The third kappa shape index (κ3) is 4.32. The number of hydrogen-bond acceptors (Lipinski definition) is 4. The van der Waals surface area contributed by atoms with Crippen LogP contribution in [0.1, 0.15) is 22.0 Å². The highest BCUT2D eigenvalue weighted by Gasteiger charge is 2.18. The SMILES string of the molecule is COCC(Nc1ccc(C(=O)O)cc1Cl)c1cc(Cl)ccc1OC. The van der Waals surface area contributed by atoms with E-state index in [0.717, 1.165) is 5.56 Å². The first kappa shape index (κ1) is 18.4. The van der Waals surface area contributed by atoms with Crippen LogP contribution in [0.15, 0.2) is 36.4 Å². The van der Waals surface area contributed by atoms with Gasteiger partial charge in [-0.2, -0.15) is 0 Å². The monoisotopic (exact) mass is 369 g/mol. The van der Waals surface area contributed by atoms with Crippen molar-refractivity contribution in [2.75, 3.05) is 26.1 Å². The van der Waals surface area contributed by atoms with Crippen molar-refractivity contribution in [1.82, 2.24) is 0 Å². The van der Waals surface area contributed by atoms with E-state index in [9.17, 15) is 4.79 Å². The Bertz CT molecular complexity index is 737. The van der Waals surface area contributed by atoms with Crippen LogP contribution in [-0.4, -0.2) is 31.9 Å². The van der Waals surface area contributed by atoms with E-state index in [-0.39, 0.29) is 11.6 Å². The first-order valence-electron chi connectivity index (χ1n) is 7.08. The van der Waals surface area contributed by atoms with E-state index >= 15 is 0 Å². The van der Waals surface area contributed by atoms with Gasteiger partial charge in [0.1, 0.15) is 5.75 Å². The third-order valence-corrected chi connectivity index (χ3v) is 3.99. The summed E-state index contributed by atoms with van der Waals surface area (Å²) in [5, 5.41) is 13.1. The molecule has 128 valence electrons. The maximum atomic E-state index is 11.0. The molecule has 0 aromatic heterocycles. The summed E-state index contributed by atoms with van der Waals surface area (Å²) in [6, 6.07) is 9.51. The molecule has 0 fully saturated rings. The number of hydrogen-bond donors (Lipinski definition) is 2. The number of carbonyl (C=O) groups is 1. The number of rotatable bonds is 7. The van der Waals surface area contributed by atoms with Gasteiger partial charge in [-0.25, -0.2) is 4.79 Å². The minimum absolute atomic E-state index is 0.120. The number of anilines is 1. The molecular formula is C17H17Cl2NO4. The van der Waals surface area contributed by atoms with Crippen molar-refractivity contribution in [3.8, 4) is 5.75 Å². The van der Waals surface area contributed by atoms with Gasteiger partial charge in [0.15, 0.2) is 0 Å². The second kappa shape index (κ2) is 8.24. The number of carboxylic acid groups (broad SMARTS) is 1. The zero-order chi connectivity index (χ0) is 17.7. The van der Waals surface area contributed by atoms with E-state index in [4.69, 9.17) is 37.8 Å². The zero-order valence-corrected chi connectivity index (χ0v) is 14.7. The Kier molecular flexibility index (Phi) is 6.31. The van der Waals surface area contributed by atoms with Gasteiger partial charge in [0.25, 0.3) is 0 Å². The topological polar surface area (TPSA) is 67.8 Å². The minimum atomic E-state index is -1.03. The lowest BCUT2D eigenvalue weighted by Crippen LogP contribution is -2.17. The van der Waals surface area contributed by atoms with Crippen LogP contribution in [0, 0.1) is 0 Å². The van der Waals surface area contributed by atoms with Crippen LogP contribution in [0.3, 0.4) is 0 Å². The van der Waals surface area contributed by atoms with Crippen LogP contribution in [0.25, 0.3) is 0 Å². The summed E-state index contributed by atoms with van der Waals surface area (Å²) >= 11 is 12.3. The molecule has 0 aliphatic rings. The fraction of sp³-hybridized carbons (Fsp3) is 0.235. The van der Waals surface area contributed by atoms with Crippen molar-refractivity contribution in [2.45, 2.75) is 6.04 Å². The smallest absolute Gasteiger partial charge is 0.335 e. The summed E-state index contributed by atoms with van der Waals surface area (Å²) in [7, 11) is 3.16. The van der Waals surface area contributed by atoms with Gasteiger partial charge >= 0.3 is 5.97 Å². The lowest BCUT2D eigenvalue weighted by Gasteiger charge is -2.22. The molecule has 5 nitrogen and oxygen atoms in total. The van der Waals surface area contributed by atoms with Crippen LogP contribution < -0.4 is 10.1 Å². The van der Waals surface area contributed by atoms with E-state index in [1.807, 2.05) is 0 Å². The van der Waals surface area contributed by atoms with Crippen LogP contribution in [0.5, 0.6) is 5.75 Å². The van der Waals surface area contributed by atoms with Gasteiger partial charge in [0, 0.05) is 17.7 Å². The van der Waals surface area contributed by atoms with Crippen molar-refractivity contribution in [3.05, 3.63) is 57.6 Å². The Hall–Kier alpha value is -1.95. The zero-order valence-electron chi connectivity index (χ0n) is 13.2. The first-order valence-corrected chi connectivity index (χ1v) is 7.83. The number of carboxylic acids is 1. The number of benzene rings is 2. The quantitative estimate of drug-likeness (QED) is 0.751. The Morgan fingerprint density at radius 3 is 2.54 bits per heavy atom. The minimum Gasteiger partial charge on any atom is -0.496 e. The second-order valence-corrected chi connectivity index (χ2v) is 5.88. The van der Waals surface area contributed by atoms with Gasteiger partial charge in [0.05, 0.1) is 36.0 Å². The van der Waals surface area contributed by atoms with Gasteiger partial charge < -0.3 is 19.9 Å². The number of aromatic carboxylic acids is 1. The molecule has 0 saturated heterocycles. The maximum absolute atomic E-state index is 11.0. The maximum Gasteiger partial charge on any atom is 0.335 e. The molecule has 1 atom stereocenters. The Labute approximate surface area is 150 Å². The molecule has 0 aliphatic heterocycles. The van der Waals surface area contributed by atoms with Gasteiger partial charge in [-0.15, -0.1) is 0 Å². The summed E-state index contributed by atoms with van der Waals surface area (Å²) in [5.41, 5.74) is 1.52. The lowest BCUT2D eigenvalue weighted by atomic mass is 10.1. The standard InChI is InChI=1S/C17H17Cl2NO4/c1-23-9-15(12-8-11(18)4-6-16(12)24-2)20-14-5-3-10(17(21)22)7-13(14)19/h3-8,15,20H,9H2,1-2H3,(H,21,22). The normalized spacial score (nSPS) is 11.8. The van der Waals surface area contributed by atoms with Gasteiger partial charge in [0.2, 0.25) is 0 Å². The fourth-order valence-electron chi connectivity index (χ4n) is 2.31. The Balaban J connectivity index is 2.36. The summed E-state index contributed by atoms with van der Waals surface area (Å²) in [6.07, 6.45) is 0. The Morgan fingerprint density at radius 1 is 1.21 bits per heavy atom. The van der Waals surface area contributed by atoms with Crippen molar-refractivity contribution in [1.29, 1.82) is 0 Å². The van der Waals surface area contributed by atoms with E-state index in [0.29, 0.717) is 28.1 Å². The number of ether oxygens (including phenoxy) is 2. The molecule has 0 saturated carbocycles. The predicted molar refractivity (Wildman–Crippen MR) is 94.7 cm³/mol. The van der Waals surface area contributed by atoms with Gasteiger partial charge in [-0.1, -0.05) is 23.2 Å². The van der Waals surface area contributed by atoms with Crippen LogP contribution in [-0.2, 0) is 4.74 Å². The Morgan fingerprint density at radius 2 is 1.96 bits per heavy atom. The van der Waals surface area contributed by atoms with E-state index in [1.165, 1.54) is 12.1 Å². The van der Waals surface area contributed by atoms with Crippen LogP contribution in [0.2, 0.25) is 10.0 Å². The molecular weight excluding hydrogens is 353 g/mol. The summed E-state index contributed by atoms with van der Waals surface area (Å²) < 4.78 is 10.7. The highest BCUT2D eigenvalue weighted by Crippen LogP contribution is 2.33. The number of methoxy groups -OCH3 is 2. The molecule has 0 amide bonds. The summed E-state index contributed by atoms with van der Waals surface area (Å²) in [4.78, 5) is 11.0. The molecule has 0 aliphatic carbocycles. The molecule has 0 bridgehead atoms. The number of halogens is 2. The van der Waals surface area contributed by atoms with Crippen LogP contribution in [0.4, 0.5) is 5.69 Å². The lowest BCUT2D eigenvalue weighted by molar-refractivity contribution is 0.0697. The molecule has 0 radical (unpaired) electrons. The fourth-order valence-corrected chi connectivity index (χ4v) is 2.72. The number of nitrogens with one attached hydrogen (secondary N) is 1. The highest BCUT2D eigenvalue weighted by atomic mass is 35.5. The van der Waals surface area contributed by atoms with Gasteiger partial charge in [-0.3, -0.25) is 0 Å². The molecule has 2 N–H and O–H groups in total.